The lowest BCUT2D eigenvalue weighted by atomic mass is 10.1. The summed E-state index contributed by atoms with van der Waals surface area (Å²) in [5.74, 6) is -1.03. The number of esters is 2. The predicted octanol–water partition coefficient (Wildman–Crippen LogP) is 1.76. The van der Waals surface area contributed by atoms with Gasteiger partial charge in [0.05, 0.1) is 0 Å². The molecule has 0 aromatic rings. The highest BCUT2D eigenvalue weighted by atomic mass is 16.6. The van der Waals surface area contributed by atoms with E-state index in [0.717, 1.165) is 0 Å². The maximum atomic E-state index is 11.4. The van der Waals surface area contributed by atoms with Crippen molar-refractivity contribution in [2.75, 3.05) is 13.2 Å². The van der Waals surface area contributed by atoms with Crippen molar-refractivity contribution >= 4 is 11.9 Å². The number of aliphatic hydroxyl groups is 1. The van der Waals surface area contributed by atoms with Gasteiger partial charge in [-0.05, 0) is 33.1 Å². The number of ether oxygens (including phenoxy) is 2. The van der Waals surface area contributed by atoms with Gasteiger partial charge in [-0.25, -0.2) is 9.59 Å². The maximum absolute atomic E-state index is 11.4. The van der Waals surface area contributed by atoms with Gasteiger partial charge >= 0.3 is 11.9 Å². The third-order valence-electron chi connectivity index (χ3n) is 2.31. The second kappa shape index (κ2) is 9.33. The Balaban J connectivity index is 4.32. The Labute approximate surface area is 113 Å². The lowest BCUT2D eigenvalue weighted by molar-refractivity contribution is -0.154. The average Bonchev–Trinajstić information content (AvgIpc) is 2.34. The SMILES string of the molecule is C=C(C)C(=O)OCC(CCCCO)OC(=O)C(=C)C. The van der Waals surface area contributed by atoms with Crippen molar-refractivity contribution in [2.45, 2.75) is 39.2 Å². The van der Waals surface area contributed by atoms with E-state index in [4.69, 9.17) is 14.6 Å². The molecule has 0 rings (SSSR count). The van der Waals surface area contributed by atoms with E-state index < -0.39 is 18.0 Å². The van der Waals surface area contributed by atoms with Crippen LogP contribution in [0.15, 0.2) is 24.3 Å². The normalized spacial score (nSPS) is 11.5. The zero-order chi connectivity index (χ0) is 14.8. The van der Waals surface area contributed by atoms with E-state index in [-0.39, 0.29) is 13.2 Å². The molecule has 0 aliphatic carbocycles. The van der Waals surface area contributed by atoms with E-state index in [1.54, 1.807) is 13.8 Å². The quantitative estimate of drug-likeness (QED) is 0.392. The molecule has 19 heavy (non-hydrogen) atoms. The number of unbranched alkanes of at least 4 members (excludes halogenated alkanes) is 1. The molecule has 0 fully saturated rings. The van der Waals surface area contributed by atoms with Crippen molar-refractivity contribution < 1.29 is 24.2 Å². The van der Waals surface area contributed by atoms with E-state index in [1.807, 2.05) is 0 Å². The summed E-state index contributed by atoms with van der Waals surface area (Å²) in [5, 5.41) is 8.72. The number of carbonyl (C=O) groups is 2. The van der Waals surface area contributed by atoms with Crippen LogP contribution in [0, 0.1) is 0 Å². The Morgan fingerprint density at radius 3 is 2.16 bits per heavy atom. The van der Waals surface area contributed by atoms with Crippen LogP contribution in [0.2, 0.25) is 0 Å². The molecule has 0 amide bonds. The van der Waals surface area contributed by atoms with Gasteiger partial charge in [0.15, 0.2) is 0 Å². The first-order valence-electron chi connectivity index (χ1n) is 6.18. The largest absolute Gasteiger partial charge is 0.458 e. The molecule has 1 unspecified atom stereocenters. The minimum Gasteiger partial charge on any atom is -0.458 e. The molecule has 1 N–H and O–H groups in total. The number of hydrogen-bond acceptors (Lipinski definition) is 5. The molecular weight excluding hydrogens is 248 g/mol. The van der Waals surface area contributed by atoms with Crippen LogP contribution in [0.25, 0.3) is 0 Å². The summed E-state index contributed by atoms with van der Waals surface area (Å²) in [6.45, 7) is 10.1. The fourth-order valence-corrected chi connectivity index (χ4v) is 1.20. The van der Waals surface area contributed by atoms with Gasteiger partial charge in [0.25, 0.3) is 0 Å². The van der Waals surface area contributed by atoms with Crippen LogP contribution < -0.4 is 0 Å². The third kappa shape index (κ3) is 8.15. The summed E-state index contributed by atoms with van der Waals surface area (Å²) in [4.78, 5) is 22.7. The first-order chi connectivity index (χ1) is 8.88. The molecule has 0 radical (unpaired) electrons. The topological polar surface area (TPSA) is 72.8 Å². The maximum Gasteiger partial charge on any atom is 0.333 e. The predicted molar refractivity (Wildman–Crippen MR) is 71.4 cm³/mol. The lowest BCUT2D eigenvalue weighted by Crippen LogP contribution is -2.25. The molecule has 0 saturated carbocycles. The third-order valence-corrected chi connectivity index (χ3v) is 2.31. The summed E-state index contributed by atoms with van der Waals surface area (Å²) in [6, 6.07) is 0. The Morgan fingerprint density at radius 2 is 1.68 bits per heavy atom. The number of aliphatic hydroxyl groups excluding tert-OH is 1. The molecule has 0 saturated heterocycles. The van der Waals surface area contributed by atoms with E-state index in [2.05, 4.69) is 13.2 Å². The smallest absolute Gasteiger partial charge is 0.333 e. The summed E-state index contributed by atoms with van der Waals surface area (Å²) in [7, 11) is 0. The van der Waals surface area contributed by atoms with Gasteiger partial charge in [0.2, 0.25) is 0 Å². The molecule has 5 heteroatoms. The van der Waals surface area contributed by atoms with Crippen molar-refractivity contribution in [2.24, 2.45) is 0 Å². The van der Waals surface area contributed by atoms with E-state index >= 15 is 0 Å². The Bertz CT molecular complexity index is 346. The van der Waals surface area contributed by atoms with Gasteiger partial charge in [-0.1, -0.05) is 13.2 Å². The van der Waals surface area contributed by atoms with Crippen LogP contribution >= 0.6 is 0 Å². The highest BCUT2D eigenvalue weighted by molar-refractivity contribution is 5.87. The molecule has 0 aromatic heterocycles. The van der Waals surface area contributed by atoms with Crippen molar-refractivity contribution in [1.82, 2.24) is 0 Å². The van der Waals surface area contributed by atoms with Gasteiger partial charge < -0.3 is 14.6 Å². The molecule has 0 heterocycles. The van der Waals surface area contributed by atoms with Gasteiger partial charge in [-0.2, -0.15) is 0 Å². The highest BCUT2D eigenvalue weighted by Crippen LogP contribution is 2.09. The van der Waals surface area contributed by atoms with Gasteiger partial charge in [0.1, 0.15) is 12.7 Å². The van der Waals surface area contributed by atoms with Crippen LogP contribution in [0.4, 0.5) is 0 Å². The molecule has 1 atom stereocenters. The van der Waals surface area contributed by atoms with Crippen molar-refractivity contribution in [3.63, 3.8) is 0 Å². The number of hydrogen-bond donors (Lipinski definition) is 1. The summed E-state index contributed by atoms with van der Waals surface area (Å²) < 4.78 is 10.1. The standard InChI is InChI=1S/C14H22O5/c1-10(2)13(16)18-9-12(7-5-6-8-15)19-14(17)11(3)4/h12,15H,1,3,5-9H2,2,4H3. The molecule has 108 valence electrons. The van der Waals surface area contributed by atoms with Gasteiger partial charge in [-0.3, -0.25) is 0 Å². The second-order valence-corrected chi connectivity index (χ2v) is 4.41. The first-order valence-corrected chi connectivity index (χ1v) is 6.18. The zero-order valence-corrected chi connectivity index (χ0v) is 11.6. The van der Waals surface area contributed by atoms with E-state index in [9.17, 15) is 9.59 Å². The molecule has 0 aromatic carbocycles. The number of rotatable bonds is 9. The lowest BCUT2D eigenvalue weighted by Gasteiger charge is -2.18. The Kier molecular flexibility index (Phi) is 8.53. The summed E-state index contributed by atoms with van der Waals surface area (Å²) in [6.07, 6.45) is 1.27. The Hall–Kier alpha value is -1.62. The second-order valence-electron chi connectivity index (χ2n) is 4.41. The van der Waals surface area contributed by atoms with E-state index in [0.29, 0.717) is 30.4 Å². The van der Waals surface area contributed by atoms with Crippen LogP contribution in [0.1, 0.15) is 33.1 Å². The Morgan fingerprint density at radius 1 is 1.11 bits per heavy atom. The summed E-state index contributed by atoms with van der Waals surface area (Å²) in [5.41, 5.74) is 0.582. The molecule has 5 nitrogen and oxygen atoms in total. The number of carbonyl (C=O) groups excluding carboxylic acids is 2. The van der Waals surface area contributed by atoms with E-state index in [1.165, 1.54) is 0 Å². The van der Waals surface area contributed by atoms with Gasteiger partial charge in [-0.15, -0.1) is 0 Å². The first kappa shape index (κ1) is 17.4. The van der Waals surface area contributed by atoms with Crippen molar-refractivity contribution in [1.29, 1.82) is 0 Å². The minimum absolute atomic E-state index is 0.0177. The average molecular weight is 270 g/mol. The monoisotopic (exact) mass is 270 g/mol. The van der Waals surface area contributed by atoms with Crippen LogP contribution in [0.5, 0.6) is 0 Å². The highest BCUT2D eigenvalue weighted by Gasteiger charge is 2.17. The van der Waals surface area contributed by atoms with Crippen LogP contribution in [-0.4, -0.2) is 36.4 Å². The fraction of sp³-hybridized carbons (Fsp3) is 0.571. The van der Waals surface area contributed by atoms with Crippen molar-refractivity contribution in [3.8, 4) is 0 Å². The van der Waals surface area contributed by atoms with Crippen LogP contribution in [-0.2, 0) is 19.1 Å². The molecular formula is C14H22O5. The summed E-state index contributed by atoms with van der Waals surface area (Å²) >= 11 is 0. The molecule has 0 spiro atoms. The van der Waals surface area contributed by atoms with Gasteiger partial charge in [0, 0.05) is 17.8 Å². The molecule has 0 bridgehead atoms. The van der Waals surface area contributed by atoms with Crippen LogP contribution in [0.3, 0.4) is 0 Å². The minimum atomic E-state index is -0.529. The zero-order valence-electron chi connectivity index (χ0n) is 11.6. The van der Waals surface area contributed by atoms with Crippen molar-refractivity contribution in [3.05, 3.63) is 24.3 Å². The molecule has 0 aliphatic rings. The molecule has 0 aliphatic heterocycles. The fourth-order valence-electron chi connectivity index (χ4n) is 1.20.